The molecule has 35 heavy (non-hydrogen) atoms. The molecule has 5 N–H and O–H groups in total. The van der Waals surface area contributed by atoms with Gasteiger partial charge in [-0.15, -0.1) is 0 Å². The molecule has 8 heteroatoms. The van der Waals surface area contributed by atoms with E-state index in [1.807, 2.05) is 57.2 Å². The Hall–Kier alpha value is -3.30. The van der Waals surface area contributed by atoms with Crippen LogP contribution in [-0.4, -0.2) is 52.3 Å². The summed E-state index contributed by atoms with van der Waals surface area (Å²) in [5, 5.41) is 35.6. The number of aliphatic hydroxyl groups excluding tert-OH is 2. The third kappa shape index (κ3) is 10.2. The summed E-state index contributed by atoms with van der Waals surface area (Å²) in [6.07, 6.45) is 11.2. The van der Waals surface area contributed by atoms with E-state index in [1.54, 1.807) is 12.3 Å². The molecule has 0 aromatic heterocycles. The first-order chi connectivity index (χ1) is 16.6. The number of rotatable bonds is 12. The number of hydrogen-bond donors (Lipinski definition) is 5. The smallest absolute Gasteiger partial charge is 0.328 e. The Balaban J connectivity index is 2.29. The number of aliphatic hydroxyl groups is 2. The van der Waals surface area contributed by atoms with Gasteiger partial charge in [0.15, 0.2) is 6.23 Å². The molecule has 0 fully saturated rings. The van der Waals surface area contributed by atoms with Crippen molar-refractivity contribution in [3.8, 4) is 0 Å². The van der Waals surface area contributed by atoms with Crippen molar-refractivity contribution in [3.05, 3.63) is 84.2 Å². The third-order valence-corrected chi connectivity index (χ3v) is 4.98. The van der Waals surface area contributed by atoms with Crippen molar-refractivity contribution in [2.75, 3.05) is 6.54 Å². The van der Waals surface area contributed by atoms with Gasteiger partial charge in [0.1, 0.15) is 0 Å². The number of nitrogens with one attached hydrogen (secondary N) is 2. The molecule has 0 spiro atoms. The highest BCUT2D eigenvalue weighted by Crippen LogP contribution is 2.34. The summed E-state index contributed by atoms with van der Waals surface area (Å²) in [4.78, 5) is 15.1. The average molecular weight is 482 g/mol. The van der Waals surface area contributed by atoms with Crippen LogP contribution in [0.1, 0.15) is 38.3 Å². The Morgan fingerprint density at radius 1 is 1.34 bits per heavy atom. The monoisotopic (exact) mass is 481 g/mol. The summed E-state index contributed by atoms with van der Waals surface area (Å²) in [5.74, 6) is -1.29. The number of carboxylic acids is 1. The van der Waals surface area contributed by atoms with Crippen molar-refractivity contribution in [1.82, 2.24) is 10.6 Å². The van der Waals surface area contributed by atoms with Crippen molar-refractivity contribution in [2.24, 2.45) is 10.9 Å². The second-order valence-electron chi connectivity index (χ2n) is 8.93. The number of aliphatic carboxylic acids is 1. The Labute approximate surface area is 206 Å². The number of carboxylic acid groups (broad SMARTS) is 1. The first-order valence-electron chi connectivity index (χ1n) is 11.3. The lowest BCUT2D eigenvalue weighted by atomic mass is 9.84. The van der Waals surface area contributed by atoms with Gasteiger partial charge >= 0.3 is 5.97 Å². The van der Waals surface area contributed by atoms with Crippen LogP contribution in [0.25, 0.3) is 11.6 Å². The molecule has 8 nitrogen and oxygen atoms in total. The average Bonchev–Trinajstić information content (AvgIpc) is 2.80. The zero-order chi connectivity index (χ0) is 25.8. The topological polar surface area (TPSA) is 123 Å². The van der Waals surface area contributed by atoms with Crippen molar-refractivity contribution in [3.63, 3.8) is 0 Å². The zero-order valence-electron chi connectivity index (χ0n) is 20.4. The van der Waals surface area contributed by atoms with Gasteiger partial charge in [-0.1, -0.05) is 36.9 Å². The minimum atomic E-state index is -1.15. The fourth-order valence-corrected chi connectivity index (χ4v) is 3.44. The number of hydrogen-bond acceptors (Lipinski definition) is 7. The Bertz CT molecular complexity index is 1020. The lowest BCUT2D eigenvalue weighted by Gasteiger charge is -2.27. The molecule has 3 atom stereocenters. The fraction of sp³-hybridized carbons (Fsp3) is 0.333. The lowest BCUT2D eigenvalue weighted by molar-refractivity contribution is -0.180. The van der Waals surface area contributed by atoms with E-state index in [0.717, 1.165) is 28.3 Å². The minimum absolute atomic E-state index is 0.264. The Morgan fingerprint density at radius 2 is 2.11 bits per heavy atom. The molecule has 1 aliphatic carbocycles. The van der Waals surface area contributed by atoms with Crippen molar-refractivity contribution < 1.29 is 24.9 Å². The summed E-state index contributed by atoms with van der Waals surface area (Å²) in [6.45, 7) is 9.45. The first kappa shape index (κ1) is 27.9. The third-order valence-electron chi connectivity index (χ3n) is 4.98. The second kappa shape index (κ2) is 13.6. The van der Waals surface area contributed by atoms with Crippen LogP contribution in [0, 0.1) is 5.92 Å². The molecule has 0 saturated carbocycles. The fourth-order valence-electron chi connectivity index (χ4n) is 3.44. The standard InChI is InChI=1S/C27H35N3O5/c1-5-28-14-7-15-29-25(33)21-11-12-22(18-30-26(34)35-27(2,3)4)23(17-21)20-9-6-8-19(16-20)10-13-24(31)32/h5-16,21,25-26,28,30,33-34H,1,17-18H2,2-4H3,(H,31,32)/b13-10+,14-7?,29-15?. The molecule has 0 radical (unpaired) electrons. The first-order valence-corrected chi connectivity index (χ1v) is 11.3. The van der Waals surface area contributed by atoms with E-state index < -0.39 is 24.2 Å². The maximum absolute atomic E-state index is 10.9. The second-order valence-corrected chi connectivity index (χ2v) is 8.93. The predicted octanol–water partition coefficient (Wildman–Crippen LogP) is 3.43. The molecular weight excluding hydrogens is 446 g/mol. The number of ether oxygens (including phenoxy) is 1. The van der Waals surface area contributed by atoms with Gasteiger partial charge in [0.2, 0.25) is 6.41 Å². The van der Waals surface area contributed by atoms with Gasteiger partial charge in [0, 0.05) is 31.0 Å². The highest BCUT2D eigenvalue weighted by atomic mass is 16.6. The van der Waals surface area contributed by atoms with E-state index in [4.69, 9.17) is 9.84 Å². The number of carbonyl (C=O) groups is 1. The largest absolute Gasteiger partial charge is 0.478 e. The van der Waals surface area contributed by atoms with Gasteiger partial charge < -0.3 is 25.4 Å². The van der Waals surface area contributed by atoms with Crippen LogP contribution in [0.3, 0.4) is 0 Å². The maximum Gasteiger partial charge on any atom is 0.328 e. The zero-order valence-corrected chi connectivity index (χ0v) is 20.4. The normalized spacial score (nSPS) is 18.5. The maximum atomic E-state index is 10.9. The summed E-state index contributed by atoms with van der Waals surface area (Å²) < 4.78 is 5.53. The highest BCUT2D eigenvalue weighted by Gasteiger charge is 2.24. The van der Waals surface area contributed by atoms with Gasteiger partial charge in [-0.25, -0.2) is 4.79 Å². The van der Waals surface area contributed by atoms with E-state index in [-0.39, 0.29) is 5.92 Å². The molecule has 188 valence electrons. The summed E-state index contributed by atoms with van der Waals surface area (Å²) in [6, 6.07) is 7.50. The van der Waals surface area contributed by atoms with Crippen LogP contribution in [0.5, 0.6) is 0 Å². The van der Waals surface area contributed by atoms with Crippen molar-refractivity contribution >= 4 is 23.8 Å². The number of aliphatic imine (C=N–C) groups is 1. The quantitative estimate of drug-likeness (QED) is 0.176. The minimum Gasteiger partial charge on any atom is -0.478 e. The van der Waals surface area contributed by atoms with Gasteiger partial charge in [-0.3, -0.25) is 10.3 Å². The Morgan fingerprint density at radius 3 is 2.80 bits per heavy atom. The molecular formula is C27H35N3O5. The molecule has 1 aromatic rings. The Kier molecular flexibility index (Phi) is 10.8. The molecule has 0 bridgehead atoms. The molecule has 2 rings (SSSR count). The van der Waals surface area contributed by atoms with Gasteiger partial charge in [0.25, 0.3) is 0 Å². The van der Waals surface area contributed by atoms with Crippen LogP contribution >= 0.6 is 0 Å². The van der Waals surface area contributed by atoms with Crippen LogP contribution in [0.2, 0.25) is 0 Å². The van der Waals surface area contributed by atoms with Gasteiger partial charge in [-0.2, -0.15) is 0 Å². The number of benzene rings is 1. The van der Waals surface area contributed by atoms with Crippen LogP contribution in [0.4, 0.5) is 0 Å². The van der Waals surface area contributed by atoms with Crippen molar-refractivity contribution in [1.29, 1.82) is 0 Å². The van der Waals surface area contributed by atoms with E-state index in [9.17, 15) is 15.0 Å². The van der Waals surface area contributed by atoms with E-state index in [2.05, 4.69) is 22.2 Å². The van der Waals surface area contributed by atoms with Crippen LogP contribution < -0.4 is 10.6 Å². The van der Waals surface area contributed by atoms with E-state index >= 15 is 0 Å². The summed E-state index contributed by atoms with van der Waals surface area (Å²) in [7, 11) is 0. The van der Waals surface area contributed by atoms with E-state index in [0.29, 0.717) is 13.0 Å². The molecule has 3 unspecified atom stereocenters. The molecule has 0 heterocycles. The highest BCUT2D eigenvalue weighted by molar-refractivity contribution is 5.85. The molecule has 0 aliphatic heterocycles. The lowest BCUT2D eigenvalue weighted by Crippen LogP contribution is -2.39. The predicted molar refractivity (Wildman–Crippen MR) is 139 cm³/mol. The van der Waals surface area contributed by atoms with Gasteiger partial charge in [-0.05, 0) is 73.9 Å². The van der Waals surface area contributed by atoms with Crippen LogP contribution in [-0.2, 0) is 9.53 Å². The van der Waals surface area contributed by atoms with E-state index in [1.165, 1.54) is 18.5 Å². The molecule has 1 aromatic carbocycles. The summed E-state index contributed by atoms with van der Waals surface area (Å²) in [5.41, 5.74) is 2.99. The number of nitrogens with zero attached hydrogens (tertiary/aromatic N) is 1. The summed E-state index contributed by atoms with van der Waals surface area (Å²) >= 11 is 0. The van der Waals surface area contributed by atoms with Gasteiger partial charge in [0.05, 0.1) is 5.60 Å². The van der Waals surface area contributed by atoms with Crippen molar-refractivity contribution in [2.45, 2.75) is 45.4 Å². The molecule has 0 amide bonds. The number of allylic oxidation sites excluding steroid dienone is 2. The van der Waals surface area contributed by atoms with Crippen LogP contribution in [0.15, 0.2) is 78.1 Å². The SMILES string of the molecule is C=CNC=CC=NC(O)C1C=CC(CNC(O)OC(C)(C)C)=C(c2cccc(/C=C/C(=O)O)c2)C1. The molecule has 1 aliphatic rings. The molecule has 0 saturated heterocycles.